The molecule has 0 aliphatic rings. The fraction of sp³-hybridized carbons (Fsp3) is 0.500. The molecule has 4 nitrogen and oxygen atoms in total. The minimum Gasteiger partial charge on any atom is -0.544 e. The molecule has 0 bridgehead atoms. The lowest BCUT2D eigenvalue weighted by Gasteiger charge is -2.28. The molecule has 0 aliphatic carbocycles. The molecule has 0 radical (unpaired) electrons. The molecule has 278 valence electrons. The zero-order chi connectivity index (χ0) is 37.0. The Hall–Kier alpha value is -3.41. The third-order valence-corrected chi connectivity index (χ3v) is 9.87. The Balaban J connectivity index is 0.000000565. The molecule has 0 heterocycles. The van der Waals surface area contributed by atoms with Gasteiger partial charge in [-0.05, 0) is 73.5 Å². The summed E-state index contributed by atoms with van der Waals surface area (Å²) in [4.78, 5) is 13.2. The van der Waals surface area contributed by atoms with Crippen molar-refractivity contribution in [2.24, 2.45) is 0 Å². The average molecular weight is 733 g/mol. The molecule has 3 rings (SSSR count). The summed E-state index contributed by atoms with van der Waals surface area (Å²) < 4.78 is 92.3. The van der Waals surface area contributed by atoms with Gasteiger partial charge in [-0.1, -0.05) is 96.3 Å². The number of hydrogen-bond donors (Lipinski definition) is 0. The Labute approximate surface area is 293 Å². The number of aliphatic carboxylic acids is 1. The smallest absolute Gasteiger partial charge is 0.460 e. The maximum atomic E-state index is 11.7. The van der Waals surface area contributed by atoms with Crippen LogP contribution in [0.25, 0.3) is 0 Å². The zero-order valence-electron chi connectivity index (χ0n) is 28.6. The standard InChI is InChI=1S/C34H47O2S.C4HF7O2/c1-3-5-7-9-11-16-28-35-30-20-24-33(25-21-30)37(32-18-14-13-15-19-32)34-26-22-31(23-27-34)36-29-17-12-10-8-6-4-2;5-2(6,1(12)13)3(7,8)4(9,10)11/h13-15,18-27H,3-12,16-17,28-29H2,1-2H3;(H,12,13)/q+1;/p-1. The summed E-state index contributed by atoms with van der Waals surface area (Å²) in [5, 5.41) is 9.27. The Kier molecular flexibility index (Phi) is 18.6. The molecular weight excluding hydrogens is 685 g/mol. The monoisotopic (exact) mass is 732 g/mol. The number of carboxylic acids is 1. The van der Waals surface area contributed by atoms with Crippen LogP contribution < -0.4 is 14.6 Å². The van der Waals surface area contributed by atoms with E-state index < -0.39 is 24.0 Å². The van der Waals surface area contributed by atoms with E-state index in [4.69, 9.17) is 9.47 Å². The molecule has 12 heteroatoms. The molecule has 0 fully saturated rings. The van der Waals surface area contributed by atoms with Crippen molar-refractivity contribution in [1.82, 2.24) is 0 Å². The summed E-state index contributed by atoms with van der Waals surface area (Å²) in [7, 11) is -0.167. The van der Waals surface area contributed by atoms with E-state index in [0.29, 0.717) is 0 Å². The number of unbranched alkanes of at least 4 members (excludes halogenated alkanes) is 10. The van der Waals surface area contributed by atoms with Crippen molar-refractivity contribution in [3.63, 3.8) is 0 Å². The predicted molar refractivity (Wildman–Crippen MR) is 180 cm³/mol. The number of carboxylic acid groups (broad SMARTS) is 1. The molecule has 3 aromatic carbocycles. The summed E-state index contributed by atoms with van der Waals surface area (Å²) in [6.45, 7) is 6.13. The summed E-state index contributed by atoms with van der Waals surface area (Å²) >= 11 is 0. The normalized spacial score (nSPS) is 12.0. The highest BCUT2D eigenvalue weighted by atomic mass is 32.2. The summed E-state index contributed by atoms with van der Waals surface area (Å²) in [5.74, 6) is -14.8. The number of benzene rings is 3. The quantitative estimate of drug-likeness (QED) is 0.0622. The first-order valence-electron chi connectivity index (χ1n) is 17.0. The van der Waals surface area contributed by atoms with E-state index in [0.717, 1.165) is 37.6 Å². The number of ether oxygens (including phenoxy) is 2. The first-order chi connectivity index (χ1) is 23.8. The molecule has 3 aromatic rings. The van der Waals surface area contributed by atoms with Crippen LogP contribution in [0.2, 0.25) is 0 Å². The Bertz CT molecular complexity index is 1290. The van der Waals surface area contributed by atoms with Crippen LogP contribution in [0.3, 0.4) is 0 Å². The van der Waals surface area contributed by atoms with Gasteiger partial charge in [0.2, 0.25) is 0 Å². The summed E-state index contributed by atoms with van der Waals surface area (Å²) in [6.07, 6.45) is 8.76. The molecule has 0 atom stereocenters. The van der Waals surface area contributed by atoms with Gasteiger partial charge in [0.1, 0.15) is 17.5 Å². The number of rotatable bonds is 21. The number of alkyl halides is 7. The minimum absolute atomic E-state index is 0.167. The van der Waals surface area contributed by atoms with E-state index in [1.54, 1.807) is 0 Å². The van der Waals surface area contributed by atoms with E-state index in [-0.39, 0.29) is 10.9 Å². The highest BCUT2D eigenvalue weighted by Gasteiger charge is 2.73. The van der Waals surface area contributed by atoms with Crippen molar-refractivity contribution in [2.45, 2.75) is 124 Å². The average Bonchev–Trinajstić information content (AvgIpc) is 3.09. The number of carbonyl (C=O) groups excluding carboxylic acids is 1. The lowest BCUT2D eigenvalue weighted by atomic mass is 10.1. The predicted octanol–water partition coefficient (Wildman–Crippen LogP) is 10.8. The SMILES string of the molecule is CCCCCCCCOc1ccc([S+](c2ccccc2)c2ccc(OCCCCCCCC)cc2)cc1.O=C([O-])C(F)(F)C(F)(F)C(F)(F)F. The third-order valence-electron chi connectivity index (χ3n) is 7.64. The van der Waals surface area contributed by atoms with Crippen LogP contribution in [0, 0.1) is 0 Å². The van der Waals surface area contributed by atoms with Crippen LogP contribution in [-0.2, 0) is 15.7 Å². The minimum atomic E-state index is -6.64. The second-order valence-corrected chi connectivity index (χ2v) is 13.8. The molecule has 0 spiro atoms. The fourth-order valence-corrected chi connectivity index (χ4v) is 6.82. The molecule has 0 saturated carbocycles. The van der Waals surface area contributed by atoms with Crippen molar-refractivity contribution in [3.8, 4) is 11.5 Å². The van der Waals surface area contributed by atoms with Crippen LogP contribution in [0.5, 0.6) is 11.5 Å². The van der Waals surface area contributed by atoms with Crippen molar-refractivity contribution >= 4 is 16.9 Å². The van der Waals surface area contributed by atoms with Crippen LogP contribution in [0.1, 0.15) is 90.9 Å². The number of carbonyl (C=O) groups is 1. The molecule has 0 amide bonds. The second-order valence-electron chi connectivity index (χ2n) is 11.7. The molecule has 0 unspecified atom stereocenters. The highest BCUT2D eigenvalue weighted by molar-refractivity contribution is 7.97. The molecule has 0 saturated heterocycles. The first-order valence-corrected chi connectivity index (χ1v) is 18.3. The van der Waals surface area contributed by atoms with Gasteiger partial charge < -0.3 is 19.4 Å². The maximum absolute atomic E-state index is 11.7. The topological polar surface area (TPSA) is 58.6 Å². The molecular formula is C38H47F7O4S. The Morgan fingerprint density at radius 3 is 1.26 bits per heavy atom. The van der Waals surface area contributed by atoms with Crippen LogP contribution in [-0.4, -0.2) is 37.2 Å². The second kappa shape index (κ2) is 21.7. The van der Waals surface area contributed by atoms with E-state index >= 15 is 0 Å². The largest absolute Gasteiger partial charge is 0.544 e. The zero-order valence-corrected chi connectivity index (χ0v) is 29.4. The Morgan fingerprint density at radius 2 is 0.920 bits per heavy atom. The van der Waals surface area contributed by atoms with Gasteiger partial charge in [0.05, 0.1) is 24.1 Å². The highest BCUT2D eigenvalue weighted by Crippen LogP contribution is 2.46. The van der Waals surface area contributed by atoms with Gasteiger partial charge in [0, 0.05) is 0 Å². The third kappa shape index (κ3) is 13.7. The van der Waals surface area contributed by atoms with Crippen molar-refractivity contribution in [2.75, 3.05) is 13.2 Å². The van der Waals surface area contributed by atoms with Crippen molar-refractivity contribution in [1.29, 1.82) is 0 Å². The van der Waals surface area contributed by atoms with Gasteiger partial charge in [-0.3, -0.25) is 0 Å². The van der Waals surface area contributed by atoms with Gasteiger partial charge in [-0.25, -0.2) is 0 Å². The van der Waals surface area contributed by atoms with E-state index in [1.165, 1.54) is 78.9 Å². The van der Waals surface area contributed by atoms with Crippen LogP contribution in [0.4, 0.5) is 30.7 Å². The molecule has 0 aromatic heterocycles. The van der Waals surface area contributed by atoms with Gasteiger partial charge in [0.15, 0.2) is 14.7 Å². The summed E-state index contributed by atoms with van der Waals surface area (Å²) in [6, 6.07) is 28.3. The van der Waals surface area contributed by atoms with Gasteiger partial charge in [-0.15, -0.1) is 0 Å². The van der Waals surface area contributed by atoms with Gasteiger partial charge >= 0.3 is 18.0 Å². The maximum Gasteiger partial charge on any atom is 0.460 e. The molecule has 50 heavy (non-hydrogen) atoms. The molecule has 0 aliphatic heterocycles. The fourth-order valence-electron chi connectivity index (χ4n) is 4.76. The van der Waals surface area contributed by atoms with Gasteiger partial charge in [0.25, 0.3) is 0 Å². The summed E-state index contributed by atoms with van der Waals surface area (Å²) in [5.41, 5.74) is 0. The first kappa shape index (κ1) is 42.8. The lowest BCUT2D eigenvalue weighted by Crippen LogP contribution is -2.60. The number of hydrogen-bond acceptors (Lipinski definition) is 4. The van der Waals surface area contributed by atoms with E-state index in [9.17, 15) is 40.6 Å². The van der Waals surface area contributed by atoms with E-state index in [1.807, 2.05) is 0 Å². The Morgan fingerprint density at radius 1 is 0.560 bits per heavy atom. The lowest BCUT2D eigenvalue weighted by molar-refractivity contribution is -0.387. The van der Waals surface area contributed by atoms with Crippen LogP contribution >= 0.6 is 0 Å². The van der Waals surface area contributed by atoms with Crippen molar-refractivity contribution in [3.05, 3.63) is 78.9 Å². The van der Waals surface area contributed by atoms with E-state index in [2.05, 4.69) is 92.7 Å². The van der Waals surface area contributed by atoms with Crippen LogP contribution in [0.15, 0.2) is 93.5 Å². The number of halogens is 7. The molecule has 0 N–H and O–H groups in total. The van der Waals surface area contributed by atoms with Gasteiger partial charge in [-0.2, -0.15) is 30.7 Å². The van der Waals surface area contributed by atoms with Crippen molar-refractivity contribution < 1.29 is 50.1 Å².